The third-order valence-electron chi connectivity index (χ3n) is 3.33. The van der Waals surface area contributed by atoms with E-state index in [4.69, 9.17) is 0 Å². The Hall–Kier alpha value is -0.260. The smallest absolute Gasteiger partial charge is 0.0144 e. The van der Waals surface area contributed by atoms with Crippen LogP contribution in [-0.4, -0.2) is 0 Å². The minimum atomic E-state index is 0.750. The Morgan fingerprint density at radius 1 is 1.70 bits per heavy atom. The maximum Gasteiger partial charge on any atom is -0.0144 e. The Morgan fingerprint density at radius 2 is 2.50 bits per heavy atom. The van der Waals surface area contributed by atoms with Gasteiger partial charge >= 0.3 is 0 Å². The first kappa shape index (κ1) is 6.45. The topological polar surface area (TPSA) is 0 Å². The Morgan fingerprint density at radius 3 is 3.10 bits per heavy atom. The van der Waals surface area contributed by atoms with E-state index < -0.39 is 0 Å². The van der Waals surface area contributed by atoms with Crippen LogP contribution in [0.25, 0.3) is 0 Å². The lowest BCUT2D eigenvalue weighted by Crippen LogP contribution is -2.04. The predicted molar refractivity (Wildman–Crippen MR) is 43.8 cm³/mol. The maximum atomic E-state index is 2.47. The van der Waals surface area contributed by atoms with Gasteiger partial charge in [0.25, 0.3) is 0 Å². The van der Waals surface area contributed by atoms with Crippen LogP contribution >= 0.6 is 0 Å². The Kier molecular flexibility index (Phi) is 1.21. The van der Waals surface area contributed by atoms with Crippen molar-refractivity contribution in [3.63, 3.8) is 0 Å². The van der Waals surface area contributed by atoms with E-state index in [-0.39, 0.29) is 0 Å². The van der Waals surface area contributed by atoms with E-state index in [0.717, 1.165) is 11.3 Å². The molecule has 0 nitrogen and oxygen atoms in total. The Bertz CT molecular complexity index is 178. The summed E-state index contributed by atoms with van der Waals surface area (Å²) < 4.78 is 0. The molecule has 0 aliphatic heterocycles. The molecule has 0 amide bonds. The van der Waals surface area contributed by atoms with Gasteiger partial charge in [0.1, 0.15) is 0 Å². The summed E-state index contributed by atoms with van der Waals surface area (Å²) in [5, 5.41) is 0. The first-order valence-corrected chi connectivity index (χ1v) is 4.45. The van der Waals surface area contributed by atoms with Gasteiger partial charge in [0.15, 0.2) is 0 Å². The first-order valence-electron chi connectivity index (χ1n) is 4.45. The van der Waals surface area contributed by atoms with Crippen molar-refractivity contribution in [3.05, 3.63) is 11.6 Å². The molecule has 2 aliphatic carbocycles. The van der Waals surface area contributed by atoms with Crippen LogP contribution in [0.2, 0.25) is 0 Å². The predicted octanol–water partition coefficient (Wildman–Crippen LogP) is 3.14. The Balaban J connectivity index is 2.16. The van der Waals surface area contributed by atoms with Gasteiger partial charge in [-0.3, -0.25) is 0 Å². The molecule has 0 heterocycles. The molecule has 1 saturated carbocycles. The number of hydrogen-bond donors (Lipinski definition) is 0. The molecule has 0 bridgehead atoms. The molecule has 0 aromatic heterocycles. The van der Waals surface area contributed by atoms with Gasteiger partial charge in [-0.2, -0.15) is 0 Å². The van der Waals surface area contributed by atoms with Crippen LogP contribution in [0.15, 0.2) is 11.6 Å². The van der Waals surface area contributed by atoms with E-state index in [1.807, 2.05) is 0 Å². The molecule has 0 N–H and O–H groups in total. The average molecular weight is 136 g/mol. The number of fused-ring (bicyclic) bond motifs is 1. The molecule has 0 aromatic carbocycles. The van der Waals surface area contributed by atoms with Gasteiger partial charge < -0.3 is 0 Å². The van der Waals surface area contributed by atoms with E-state index in [1.54, 1.807) is 5.57 Å². The summed E-state index contributed by atoms with van der Waals surface area (Å²) in [6.45, 7) is 4.73. The molecule has 0 radical (unpaired) electrons. The van der Waals surface area contributed by atoms with Gasteiger partial charge in [-0.15, -0.1) is 0 Å². The highest BCUT2D eigenvalue weighted by Crippen LogP contribution is 2.61. The standard InChI is InChI=1S/C10H16/c1-3-8-5-4-6-10(2)7-9(8)10/h5,9H,3-4,6-7H2,1-2H3. The summed E-state index contributed by atoms with van der Waals surface area (Å²) in [6, 6.07) is 0. The van der Waals surface area contributed by atoms with E-state index >= 15 is 0 Å². The molecule has 56 valence electrons. The minimum absolute atomic E-state index is 0.750. The average Bonchev–Trinajstić information content (AvgIpc) is 2.59. The molecule has 2 atom stereocenters. The summed E-state index contributed by atoms with van der Waals surface area (Å²) in [4.78, 5) is 0. The van der Waals surface area contributed by atoms with Gasteiger partial charge in [0.05, 0.1) is 0 Å². The maximum absolute atomic E-state index is 2.47. The zero-order valence-electron chi connectivity index (χ0n) is 6.98. The molecule has 1 fully saturated rings. The second-order valence-electron chi connectivity index (χ2n) is 4.08. The van der Waals surface area contributed by atoms with Crippen molar-refractivity contribution in [3.8, 4) is 0 Å². The molecule has 0 heteroatoms. The van der Waals surface area contributed by atoms with Crippen molar-refractivity contribution < 1.29 is 0 Å². The zero-order valence-corrected chi connectivity index (χ0v) is 6.98. The summed E-state index contributed by atoms with van der Waals surface area (Å²) >= 11 is 0. The molecular weight excluding hydrogens is 120 g/mol. The third kappa shape index (κ3) is 0.744. The monoisotopic (exact) mass is 136 g/mol. The van der Waals surface area contributed by atoms with Gasteiger partial charge in [-0.25, -0.2) is 0 Å². The van der Waals surface area contributed by atoms with Crippen LogP contribution < -0.4 is 0 Å². The van der Waals surface area contributed by atoms with Crippen LogP contribution in [-0.2, 0) is 0 Å². The minimum Gasteiger partial charge on any atom is -0.0850 e. The highest BCUT2D eigenvalue weighted by Gasteiger charge is 2.51. The van der Waals surface area contributed by atoms with E-state index in [0.29, 0.717) is 0 Å². The summed E-state index contributed by atoms with van der Waals surface area (Å²) in [5.74, 6) is 0.992. The van der Waals surface area contributed by atoms with E-state index in [9.17, 15) is 0 Å². The lowest BCUT2D eigenvalue weighted by molar-refractivity contribution is 0.465. The number of allylic oxidation sites excluding steroid dienone is 2. The fraction of sp³-hybridized carbons (Fsp3) is 0.800. The second-order valence-corrected chi connectivity index (χ2v) is 4.08. The summed E-state index contributed by atoms with van der Waals surface area (Å²) in [6.07, 6.45) is 8.03. The van der Waals surface area contributed by atoms with E-state index in [2.05, 4.69) is 19.9 Å². The largest absolute Gasteiger partial charge is 0.0850 e. The van der Waals surface area contributed by atoms with Crippen molar-refractivity contribution in [1.29, 1.82) is 0 Å². The molecular formula is C10H16. The molecule has 10 heavy (non-hydrogen) atoms. The molecule has 2 aliphatic rings. The second kappa shape index (κ2) is 1.87. The van der Waals surface area contributed by atoms with Crippen molar-refractivity contribution in [2.24, 2.45) is 11.3 Å². The zero-order chi connectivity index (χ0) is 7.19. The quantitative estimate of drug-likeness (QED) is 0.486. The first-order chi connectivity index (χ1) is 4.76. The van der Waals surface area contributed by atoms with Gasteiger partial charge in [0.2, 0.25) is 0 Å². The summed E-state index contributed by atoms with van der Waals surface area (Å²) in [7, 11) is 0. The van der Waals surface area contributed by atoms with Crippen LogP contribution in [0.5, 0.6) is 0 Å². The fourth-order valence-electron chi connectivity index (χ4n) is 2.38. The molecule has 0 aromatic rings. The molecule has 2 unspecified atom stereocenters. The number of rotatable bonds is 1. The molecule has 2 rings (SSSR count). The van der Waals surface area contributed by atoms with Crippen LogP contribution in [0.4, 0.5) is 0 Å². The van der Waals surface area contributed by atoms with Crippen molar-refractivity contribution >= 4 is 0 Å². The highest BCUT2D eigenvalue weighted by atomic mass is 14.6. The van der Waals surface area contributed by atoms with Crippen LogP contribution in [0, 0.1) is 11.3 Å². The van der Waals surface area contributed by atoms with Crippen LogP contribution in [0.1, 0.15) is 39.5 Å². The van der Waals surface area contributed by atoms with Crippen molar-refractivity contribution in [1.82, 2.24) is 0 Å². The number of hydrogen-bond acceptors (Lipinski definition) is 0. The van der Waals surface area contributed by atoms with Gasteiger partial charge in [-0.1, -0.05) is 25.5 Å². The fourth-order valence-corrected chi connectivity index (χ4v) is 2.38. The lowest BCUT2D eigenvalue weighted by Gasteiger charge is -2.16. The van der Waals surface area contributed by atoms with Crippen LogP contribution in [0.3, 0.4) is 0 Å². The highest BCUT2D eigenvalue weighted by molar-refractivity contribution is 5.23. The van der Waals surface area contributed by atoms with Crippen molar-refractivity contribution in [2.45, 2.75) is 39.5 Å². The van der Waals surface area contributed by atoms with Gasteiger partial charge in [-0.05, 0) is 37.0 Å². The van der Waals surface area contributed by atoms with Crippen molar-refractivity contribution in [2.75, 3.05) is 0 Å². The van der Waals surface area contributed by atoms with E-state index in [1.165, 1.54) is 25.7 Å². The lowest BCUT2D eigenvalue weighted by atomic mass is 9.89. The summed E-state index contributed by atoms with van der Waals surface area (Å²) in [5.41, 5.74) is 2.49. The normalized spacial score (nSPS) is 44.2. The Labute approximate surface area is 63.3 Å². The third-order valence-corrected chi connectivity index (χ3v) is 3.33. The van der Waals surface area contributed by atoms with Gasteiger partial charge in [0, 0.05) is 0 Å². The molecule has 0 spiro atoms. The SMILES string of the molecule is CCC1=CCCC2(C)CC12. The molecule has 0 saturated heterocycles.